The highest BCUT2D eigenvalue weighted by Crippen LogP contribution is 2.22. The zero-order chi connectivity index (χ0) is 33.0. The quantitative estimate of drug-likeness (QED) is 0.0515. The van der Waals surface area contributed by atoms with E-state index in [2.05, 4.69) is 74.4 Å². The fourth-order valence-electron chi connectivity index (χ4n) is 6.31. The Balaban J connectivity index is 1.98. The lowest BCUT2D eigenvalue weighted by Crippen LogP contribution is -2.31. The summed E-state index contributed by atoms with van der Waals surface area (Å²) < 4.78 is 12.6. The second-order valence-corrected chi connectivity index (χ2v) is 14.0. The third-order valence-electron chi connectivity index (χ3n) is 9.40. The number of likely N-dealkylation sites (tertiary alicyclic amines) is 1. The molecule has 3 nitrogen and oxygen atoms in total. The first kappa shape index (κ1) is 42.9. The monoisotopic (exact) mass is 642 g/mol. The highest BCUT2D eigenvalue weighted by molar-refractivity contribution is 4.93. The number of rotatable bonds is 34. The highest BCUT2D eigenvalue weighted by atomic mass is 16.5. The Bertz CT molecular complexity index is 726. The third kappa shape index (κ3) is 29.0. The average molecular weight is 642 g/mol. The first-order valence-electron chi connectivity index (χ1n) is 20.3. The van der Waals surface area contributed by atoms with Gasteiger partial charge in [-0.1, -0.05) is 140 Å². The average Bonchev–Trinajstić information content (AvgIpc) is 3.50. The summed E-state index contributed by atoms with van der Waals surface area (Å²) in [5, 5.41) is 0. The van der Waals surface area contributed by atoms with E-state index < -0.39 is 0 Å². The number of nitrogens with zero attached hydrogens (tertiary/aromatic N) is 1. The minimum atomic E-state index is 0.271. The largest absolute Gasteiger partial charge is 0.379 e. The van der Waals surface area contributed by atoms with Crippen LogP contribution in [0.1, 0.15) is 174 Å². The molecule has 0 aromatic carbocycles. The summed E-state index contributed by atoms with van der Waals surface area (Å²) in [6, 6.07) is 0. The van der Waals surface area contributed by atoms with Crippen LogP contribution in [0.15, 0.2) is 48.6 Å². The number of unbranched alkanes of at least 4 members (excludes halogenated alkanes) is 18. The van der Waals surface area contributed by atoms with Gasteiger partial charge in [0, 0.05) is 25.7 Å². The lowest BCUT2D eigenvalue weighted by atomic mass is 10.0. The van der Waals surface area contributed by atoms with Crippen LogP contribution in [0.5, 0.6) is 0 Å². The normalized spacial score (nSPS) is 16.8. The summed E-state index contributed by atoms with van der Waals surface area (Å²) >= 11 is 0. The van der Waals surface area contributed by atoms with Gasteiger partial charge in [0.15, 0.2) is 0 Å². The van der Waals surface area contributed by atoms with Gasteiger partial charge in [0.1, 0.15) is 0 Å². The van der Waals surface area contributed by atoms with Crippen molar-refractivity contribution in [1.82, 2.24) is 4.90 Å². The Morgan fingerprint density at radius 2 is 0.978 bits per heavy atom. The first-order valence-corrected chi connectivity index (χ1v) is 20.3. The maximum atomic E-state index is 6.45. The Morgan fingerprint density at radius 1 is 0.543 bits per heavy atom. The minimum absolute atomic E-state index is 0.271. The molecule has 0 saturated carbocycles. The molecule has 1 aliphatic rings. The van der Waals surface area contributed by atoms with Crippen molar-refractivity contribution >= 4 is 0 Å². The second kappa shape index (κ2) is 35.2. The van der Waals surface area contributed by atoms with Crippen LogP contribution in [0, 0.1) is 5.92 Å². The standard InChI is InChI=1S/C43H79NO2/c1-4-6-8-10-12-14-16-18-20-22-24-26-28-30-32-34-38-45-41-43(42-36-37-44(3)40-42)46-39-35-33-31-29-27-25-23-21-19-17-15-13-11-9-7-5-2/h12-15,18-21,42-43H,4-11,16-17,22-41H2,1-3H3/b14-12-,15-13-,20-18-,21-19-/t42-,43?/m1/s1. The maximum Gasteiger partial charge on any atom is 0.0849 e. The number of ether oxygens (including phenoxy) is 2. The summed E-state index contributed by atoms with van der Waals surface area (Å²) in [5.74, 6) is 0.630. The Labute approximate surface area is 288 Å². The molecule has 0 N–H and O–H groups in total. The fourth-order valence-corrected chi connectivity index (χ4v) is 6.31. The zero-order valence-corrected chi connectivity index (χ0v) is 31.3. The van der Waals surface area contributed by atoms with Crippen LogP contribution >= 0.6 is 0 Å². The summed E-state index contributed by atoms with van der Waals surface area (Å²) in [6.07, 6.45) is 51.3. The highest BCUT2D eigenvalue weighted by Gasteiger charge is 2.28. The maximum absolute atomic E-state index is 6.45. The van der Waals surface area contributed by atoms with Crippen molar-refractivity contribution in [2.45, 2.75) is 180 Å². The third-order valence-corrected chi connectivity index (χ3v) is 9.40. The van der Waals surface area contributed by atoms with E-state index in [1.54, 1.807) is 0 Å². The molecule has 3 heteroatoms. The zero-order valence-electron chi connectivity index (χ0n) is 31.3. The van der Waals surface area contributed by atoms with Crippen molar-refractivity contribution < 1.29 is 9.47 Å². The Kier molecular flexibility index (Phi) is 32.8. The minimum Gasteiger partial charge on any atom is -0.379 e. The van der Waals surface area contributed by atoms with E-state index in [4.69, 9.17) is 9.47 Å². The van der Waals surface area contributed by atoms with Gasteiger partial charge in [-0.05, 0) is 97.1 Å². The molecule has 0 amide bonds. The van der Waals surface area contributed by atoms with Crippen LogP contribution in [0.4, 0.5) is 0 Å². The molecule has 0 aromatic rings. The fraction of sp³-hybridized carbons (Fsp3) is 0.814. The van der Waals surface area contributed by atoms with Crippen molar-refractivity contribution in [2.75, 3.05) is 40.0 Å². The molecule has 1 heterocycles. The lowest BCUT2D eigenvalue weighted by molar-refractivity contribution is -0.0457. The van der Waals surface area contributed by atoms with Gasteiger partial charge in [-0.15, -0.1) is 0 Å². The number of allylic oxidation sites excluding steroid dienone is 8. The molecule has 1 saturated heterocycles. The van der Waals surface area contributed by atoms with Gasteiger partial charge >= 0.3 is 0 Å². The predicted molar refractivity (Wildman–Crippen MR) is 205 cm³/mol. The van der Waals surface area contributed by atoms with E-state index in [1.807, 2.05) is 0 Å². The van der Waals surface area contributed by atoms with Crippen LogP contribution in [0.2, 0.25) is 0 Å². The molecule has 0 bridgehead atoms. The smallest absolute Gasteiger partial charge is 0.0849 e. The molecule has 0 spiro atoms. The molecule has 268 valence electrons. The van der Waals surface area contributed by atoms with Crippen molar-refractivity contribution in [3.63, 3.8) is 0 Å². The lowest BCUT2D eigenvalue weighted by Gasteiger charge is -2.24. The number of hydrogen-bond acceptors (Lipinski definition) is 3. The van der Waals surface area contributed by atoms with E-state index >= 15 is 0 Å². The summed E-state index contributed by atoms with van der Waals surface area (Å²) in [4.78, 5) is 2.45. The van der Waals surface area contributed by atoms with E-state index in [9.17, 15) is 0 Å². The Hall–Kier alpha value is -1.16. The van der Waals surface area contributed by atoms with Gasteiger partial charge in [-0.25, -0.2) is 0 Å². The topological polar surface area (TPSA) is 21.7 Å². The van der Waals surface area contributed by atoms with E-state index in [0.29, 0.717) is 5.92 Å². The van der Waals surface area contributed by atoms with Crippen LogP contribution in [0.3, 0.4) is 0 Å². The molecule has 1 aliphatic heterocycles. The predicted octanol–water partition coefficient (Wildman–Crippen LogP) is 13.0. The van der Waals surface area contributed by atoms with Crippen LogP contribution in [-0.4, -0.2) is 51.0 Å². The van der Waals surface area contributed by atoms with Crippen LogP contribution < -0.4 is 0 Å². The molecule has 0 aromatic heterocycles. The van der Waals surface area contributed by atoms with Gasteiger partial charge in [0.05, 0.1) is 12.7 Å². The van der Waals surface area contributed by atoms with E-state index in [-0.39, 0.29) is 6.10 Å². The molecule has 1 fully saturated rings. The van der Waals surface area contributed by atoms with Gasteiger partial charge in [-0.2, -0.15) is 0 Å². The van der Waals surface area contributed by atoms with Crippen LogP contribution in [0.25, 0.3) is 0 Å². The molecule has 1 rings (SSSR count). The van der Waals surface area contributed by atoms with Crippen molar-refractivity contribution in [3.05, 3.63) is 48.6 Å². The summed E-state index contributed by atoms with van der Waals surface area (Å²) in [6.45, 7) is 9.45. The van der Waals surface area contributed by atoms with Crippen LogP contribution in [-0.2, 0) is 9.47 Å². The van der Waals surface area contributed by atoms with Crippen molar-refractivity contribution in [1.29, 1.82) is 0 Å². The van der Waals surface area contributed by atoms with Gasteiger partial charge in [0.2, 0.25) is 0 Å². The molecular weight excluding hydrogens is 562 g/mol. The molecular formula is C43H79NO2. The van der Waals surface area contributed by atoms with Gasteiger partial charge < -0.3 is 14.4 Å². The van der Waals surface area contributed by atoms with Crippen molar-refractivity contribution in [2.24, 2.45) is 5.92 Å². The first-order chi connectivity index (χ1) is 22.8. The van der Waals surface area contributed by atoms with Gasteiger partial charge in [-0.3, -0.25) is 0 Å². The van der Waals surface area contributed by atoms with Crippen molar-refractivity contribution in [3.8, 4) is 0 Å². The van der Waals surface area contributed by atoms with E-state index in [1.165, 1.54) is 154 Å². The molecule has 0 radical (unpaired) electrons. The van der Waals surface area contributed by atoms with E-state index in [0.717, 1.165) is 39.2 Å². The SMILES string of the molecule is CCCCC/C=C\C/C=C\CCCCCCCCOCC(OCCCCCCCC/C=C\C/C=C\CCCCC)[C@@H]1CCN(C)C1. The molecule has 2 atom stereocenters. The number of hydrogen-bond donors (Lipinski definition) is 0. The van der Waals surface area contributed by atoms with Gasteiger partial charge in [0.25, 0.3) is 0 Å². The second-order valence-electron chi connectivity index (χ2n) is 14.0. The summed E-state index contributed by atoms with van der Waals surface area (Å²) in [5.41, 5.74) is 0. The molecule has 0 aliphatic carbocycles. The molecule has 1 unspecified atom stereocenters. The molecule has 46 heavy (non-hydrogen) atoms. The summed E-state index contributed by atoms with van der Waals surface area (Å²) in [7, 11) is 2.24. The Morgan fingerprint density at radius 3 is 1.43 bits per heavy atom.